The van der Waals surface area contributed by atoms with Gasteiger partial charge in [0.05, 0.1) is 6.10 Å². The lowest BCUT2D eigenvalue weighted by Gasteiger charge is -2.50. The fourth-order valence-electron chi connectivity index (χ4n) is 4.71. The Balaban J connectivity index is 1.99. The standard InChI is InChI=1S/C21H32O3/c1-5-6-7-8-14-11-16(22)19-17(12-14)24-21(3,4)15-10-9-13(2)20(23)18(15)19/h11-13,15,18,20,22-23H,5-10H2,1-4H3/t13-,15-,18-,20+/m1/s1. The number of ether oxygens (including phenoxy) is 1. The van der Waals surface area contributed by atoms with Crippen molar-refractivity contribution in [1.29, 1.82) is 0 Å². The summed E-state index contributed by atoms with van der Waals surface area (Å²) in [5.41, 5.74) is 1.65. The Bertz CT molecular complexity index is 593. The van der Waals surface area contributed by atoms with E-state index >= 15 is 0 Å². The molecule has 3 rings (SSSR count). The monoisotopic (exact) mass is 332 g/mol. The van der Waals surface area contributed by atoms with Crippen LogP contribution in [0.4, 0.5) is 0 Å². The summed E-state index contributed by atoms with van der Waals surface area (Å²) in [6.07, 6.45) is 6.12. The molecule has 134 valence electrons. The van der Waals surface area contributed by atoms with E-state index in [1.807, 2.05) is 6.07 Å². The zero-order valence-electron chi connectivity index (χ0n) is 15.5. The molecule has 0 saturated heterocycles. The molecule has 3 nitrogen and oxygen atoms in total. The van der Waals surface area contributed by atoms with Crippen molar-refractivity contribution in [2.45, 2.75) is 83.8 Å². The Morgan fingerprint density at radius 1 is 1.21 bits per heavy atom. The summed E-state index contributed by atoms with van der Waals surface area (Å²) in [4.78, 5) is 0. The number of benzene rings is 1. The molecular weight excluding hydrogens is 300 g/mol. The van der Waals surface area contributed by atoms with Crippen LogP contribution in [0.1, 0.15) is 76.8 Å². The van der Waals surface area contributed by atoms with E-state index < -0.39 is 6.10 Å². The van der Waals surface area contributed by atoms with Crippen LogP contribution in [0.2, 0.25) is 0 Å². The van der Waals surface area contributed by atoms with Crippen LogP contribution >= 0.6 is 0 Å². The van der Waals surface area contributed by atoms with Crippen molar-refractivity contribution in [1.82, 2.24) is 0 Å². The maximum atomic E-state index is 10.9. The summed E-state index contributed by atoms with van der Waals surface area (Å²) in [7, 11) is 0. The number of rotatable bonds is 4. The zero-order chi connectivity index (χ0) is 17.5. The number of phenols is 1. The number of phenolic OH excluding ortho intramolecular Hbond substituents is 1. The van der Waals surface area contributed by atoms with Gasteiger partial charge in [-0.15, -0.1) is 0 Å². The quantitative estimate of drug-likeness (QED) is 0.780. The number of aliphatic hydroxyl groups is 1. The largest absolute Gasteiger partial charge is 0.508 e. The number of hydrogen-bond acceptors (Lipinski definition) is 3. The van der Waals surface area contributed by atoms with Crippen molar-refractivity contribution in [2.24, 2.45) is 11.8 Å². The molecule has 0 spiro atoms. The molecule has 2 aliphatic rings. The first-order valence-corrected chi connectivity index (χ1v) is 9.58. The molecule has 1 heterocycles. The molecule has 1 aliphatic carbocycles. The highest BCUT2D eigenvalue weighted by molar-refractivity contribution is 5.52. The van der Waals surface area contributed by atoms with Gasteiger partial charge >= 0.3 is 0 Å². The Morgan fingerprint density at radius 3 is 2.67 bits per heavy atom. The second kappa shape index (κ2) is 6.59. The lowest BCUT2D eigenvalue weighted by atomic mass is 9.62. The van der Waals surface area contributed by atoms with Crippen LogP contribution in [0.25, 0.3) is 0 Å². The molecule has 0 bridgehead atoms. The summed E-state index contributed by atoms with van der Waals surface area (Å²) in [6.45, 7) is 8.55. The van der Waals surface area contributed by atoms with Crippen molar-refractivity contribution in [3.05, 3.63) is 23.3 Å². The Hall–Kier alpha value is -1.22. The number of aromatic hydroxyl groups is 1. The van der Waals surface area contributed by atoms with Crippen molar-refractivity contribution in [3.8, 4) is 11.5 Å². The fraction of sp³-hybridized carbons (Fsp3) is 0.714. The Kier molecular flexibility index (Phi) is 4.83. The van der Waals surface area contributed by atoms with Crippen LogP contribution in [0, 0.1) is 11.8 Å². The second-order valence-corrected chi connectivity index (χ2v) is 8.37. The molecule has 2 N–H and O–H groups in total. The number of unbranched alkanes of at least 4 members (excludes halogenated alkanes) is 2. The molecule has 0 amide bonds. The third kappa shape index (κ3) is 3.03. The van der Waals surface area contributed by atoms with E-state index in [0.29, 0.717) is 5.75 Å². The van der Waals surface area contributed by atoms with E-state index in [4.69, 9.17) is 4.74 Å². The second-order valence-electron chi connectivity index (χ2n) is 8.37. The average molecular weight is 332 g/mol. The van der Waals surface area contributed by atoms with Gasteiger partial charge in [-0.3, -0.25) is 0 Å². The molecule has 1 aliphatic heterocycles. The highest BCUT2D eigenvalue weighted by Crippen LogP contribution is 2.55. The summed E-state index contributed by atoms with van der Waals surface area (Å²) in [5, 5.41) is 21.6. The summed E-state index contributed by atoms with van der Waals surface area (Å²) in [6, 6.07) is 3.98. The normalized spacial score (nSPS) is 31.0. The van der Waals surface area contributed by atoms with Gasteiger partial charge in [-0.25, -0.2) is 0 Å². The van der Waals surface area contributed by atoms with Crippen LogP contribution < -0.4 is 4.74 Å². The molecule has 1 aromatic carbocycles. The first-order valence-electron chi connectivity index (χ1n) is 9.58. The van der Waals surface area contributed by atoms with Crippen molar-refractivity contribution in [2.75, 3.05) is 0 Å². The molecule has 0 aromatic heterocycles. The maximum absolute atomic E-state index is 10.9. The van der Waals surface area contributed by atoms with E-state index in [1.54, 1.807) is 0 Å². The number of aliphatic hydroxyl groups excluding tert-OH is 1. The molecule has 1 saturated carbocycles. The number of fused-ring (bicyclic) bond motifs is 3. The van der Waals surface area contributed by atoms with Crippen LogP contribution in [-0.2, 0) is 6.42 Å². The van der Waals surface area contributed by atoms with Gasteiger partial charge in [0, 0.05) is 17.4 Å². The third-order valence-corrected chi connectivity index (χ3v) is 6.17. The lowest BCUT2D eigenvalue weighted by molar-refractivity contribution is -0.0662. The van der Waals surface area contributed by atoms with E-state index in [-0.39, 0.29) is 23.4 Å². The smallest absolute Gasteiger partial charge is 0.127 e. The molecule has 24 heavy (non-hydrogen) atoms. The van der Waals surface area contributed by atoms with E-state index in [1.165, 1.54) is 12.8 Å². The summed E-state index contributed by atoms with van der Waals surface area (Å²) >= 11 is 0. The molecule has 0 unspecified atom stereocenters. The van der Waals surface area contributed by atoms with Gasteiger partial charge in [-0.05, 0) is 63.1 Å². The van der Waals surface area contributed by atoms with Crippen molar-refractivity contribution >= 4 is 0 Å². The van der Waals surface area contributed by atoms with Crippen LogP contribution in [0.5, 0.6) is 11.5 Å². The predicted molar refractivity (Wildman–Crippen MR) is 96.7 cm³/mol. The molecule has 3 heteroatoms. The maximum Gasteiger partial charge on any atom is 0.127 e. The SMILES string of the molecule is CCCCCc1cc(O)c2c(c1)OC(C)(C)[C@@H]1CC[C@@H](C)[C@H](O)[C@@H]21. The van der Waals surface area contributed by atoms with Gasteiger partial charge in [0.25, 0.3) is 0 Å². The van der Waals surface area contributed by atoms with Crippen LogP contribution in [0.3, 0.4) is 0 Å². The topological polar surface area (TPSA) is 49.7 Å². The minimum Gasteiger partial charge on any atom is -0.508 e. The molecule has 0 radical (unpaired) electrons. The highest BCUT2D eigenvalue weighted by atomic mass is 16.5. The third-order valence-electron chi connectivity index (χ3n) is 6.17. The molecular formula is C21H32O3. The summed E-state index contributed by atoms with van der Waals surface area (Å²) < 4.78 is 6.33. The molecule has 1 fully saturated rings. The zero-order valence-corrected chi connectivity index (χ0v) is 15.5. The molecule has 4 atom stereocenters. The Morgan fingerprint density at radius 2 is 1.96 bits per heavy atom. The minimum absolute atomic E-state index is 0.0304. The van der Waals surface area contributed by atoms with Crippen LogP contribution in [0.15, 0.2) is 12.1 Å². The van der Waals surface area contributed by atoms with Gasteiger partial charge in [-0.2, -0.15) is 0 Å². The first kappa shape index (κ1) is 17.6. The lowest BCUT2D eigenvalue weighted by Crippen LogP contribution is -2.51. The fourth-order valence-corrected chi connectivity index (χ4v) is 4.71. The van der Waals surface area contributed by atoms with E-state index in [9.17, 15) is 10.2 Å². The van der Waals surface area contributed by atoms with Gasteiger partial charge < -0.3 is 14.9 Å². The molecule has 1 aromatic rings. The predicted octanol–water partition coefficient (Wildman–Crippen LogP) is 4.79. The summed E-state index contributed by atoms with van der Waals surface area (Å²) in [5.74, 6) is 1.56. The van der Waals surface area contributed by atoms with E-state index in [2.05, 4.69) is 33.8 Å². The van der Waals surface area contributed by atoms with E-state index in [0.717, 1.165) is 42.6 Å². The number of aryl methyl sites for hydroxylation is 1. The van der Waals surface area contributed by atoms with Crippen molar-refractivity contribution < 1.29 is 14.9 Å². The highest BCUT2D eigenvalue weighted by Gasteiger charge is 2.50. The number of hydrogen-bond donors (Lipinski definition) is 2. The first-order chi connectivity index (χ1) is 11.3. The van der Waals surface area contributed by atoms with Gasteiger partial charge in [0.2, 0.25) is 0 Å². The van der Waals surface area contributed by atoms with Crippen molar-refractivity contribution in [3.63, 3.8) is 0 Å². The van der Waals surface area contributed by atoms with Crippen LogP contribution in [-0.4, -0.2) is 21.9 Å². The van der Waals surface area contributed by atoms with Gasteiger partial charge in [-0.1, -0.05) is 26.7 Å². The van der Waals surface area contributed by atoms with Gasteiger partial charge in [0.15, 0.2) is 0 Å². The minimum atomic E-state index is -0.414. The average Bonchev–Trinajstić information content (AvgIpc) is 2.50. The Labute approximate surface area is 146 Å². The van der Waals surface area contributed by atoms with Gasteiger partial charge in [0.1, 0.15) is 17.1 Å².